The van der Waals surface area contributed by atoms with Gasteiger partial charge < -0.3 is 10.1 Å². The minimum absolute atomic E-state index is 0.144. The standard InChI is InChI=1S/C12H19N3O3S.C4H6.2C2H6/c1-12(2,3)18-9(16)7-15-10(17)8(13-4)6-14-11(15)19-5;1-3-4-2;2*1-2/h6,13H,7H2,1-5H3;3-4H,1-2H2;2*1-2H3. The molecule has 0 atom stereocenters. The minimum atomic E-state index is -0.575. The van der Waals surface area contributed by atoms with Crippen molar-refractivity contribution >= 4 is 23.4 Å². The zero-order valence-electron chi connectivity index (χ0n) is 18.4. The van der Waals surface area contributed by atoms with Gasteiger partial charge >= 0.3 is 5.97 Å². The van der Waals surface area contributed by atoms with E-state index in [0.717, 1.165) is 0 Å². The van der Waals surface area contributed by atoms with Crippen molar-refractivity contribution in [1.29, 1.82) is 0 Å². The molecule has 6 nitrogen and oxygen atoms in total. The number of aromatic nitrogens is 2. The fourth-order valence-corrected chi connectivity index (χ4v) is 1.98. The second kappa shape index (κ2) is 17.4. The van der Waals surface area contributed by atoms with Gasteiger partial charge in [-0.25, -0.2) is 4.98 Å². The molecule has 1 N–H and O–H groups in total. The van der Waals surface area contributed by atoms with Crippen molar-refractivity contribution in [1.82, 2.24) is 9.55 Å². The highest BCUT2D eigenvalue weighted by Crippen LogP contribution is 2.12. The molecule has 0 saturated heterocycles. The van der Waals surface area contributed by atoms with Gasteiger partial charge in [-0.3, -0.25) is 14.2 Å². The molecule has 1 aromatic rings. The van der Waals surface area contributed by atoms with E-state index in [-0.39, 0.29) is 12.1 Å². The molecule has 0 aromatic carbocycles. The first-order valence-electron chi connectivity index (χ1n) is 8.97. The molecule has 1 heterocycles. The summed E-state index contributed by atoms with van der Waals surface area (Å²) in [6.07, 6.45) is 6.53. The zero-order valence-corrected chi connectivity index (χ0v) is 19.2. The van der Waals surface area contributed by atoms with Crippen LogP contribution in [0.2, 0.25) is 0 Å². The average Bonchev–Trinajstić information content (AvgIpc) is 2.65. The first-order valence-corrected chi connectivity index (χ1v) is 10.2. The van der Waals surface area contributed by atoms with Gasteiger partial charge in [-0.05, 0) is 27.0 Å². The first-order chi connectivity index (χ1) is 12.7. The number of ether oxygens (including phenoxy) is 1. The SMILES string of the molecule is C=CC=C.CC.CC.CNc1cnc(SC)n(CC(=O)OC(C)(C)C)c1=O. The molecule has 1 rings (SSSR count). The van der Waals surface area contributed by atoms with Crippen LogP contribution in [0.25, 0.3) is 0 Å². The molecule has 0 bridgehead atoms. The lowest BCUT2D eigenvalue weighted by Gasteiger charge is -2.20. The van der Waals surface area contributed by atoms with Crippen LogP contribution in [0.1, 0.15) is 48.5 Å². The number of carbonyl (C=O) groups excluding carboxylic acids is 1. The van der Waals surface area contributed by atoms with Gasteiger partial charge in [0.05, 0.1) is 6.20 Å². The van der Waals surface area contributed by atoms with Crippen molar-refractivity contribution in [3.05, 3.63) is 41.9 Å². The molecular formula is C20H37N3O3S. The van der Waals surface area contributed by atoms with Gasteiger partial charge in [0.2, 0.25) is 0 Å². The number of carbonyl (C=O) groups is 1. The second-order valence-corrected chi connectivity index (χ2v) is 6.13. The van der Waals surface area contributed by atoms with Crippen LogP contribution in [0.5, 0.6) is 0 Å². The Bertz CT molecular complexity index is 599. The first kappa shape index (κ1) is 29.7. The summed E-state index contributed by atoms with van der Waals surface area (Å²) in [4.78, 5) is 28.1. The molecule has 156 valence electrons. The van der Waals surface area contributed by atoms with Gasteiger partial charge in [-0.2, -0.15) is 0 Å². The van der Waals surface area contributed by atoms with E-state index in [4.69, 9.17) is 4.74 Å². The molecule has 27 heavy (non-hydrogen) atoms. The van der Waals surface area contributed by atoms with Gasteiger partial charge in [0.15, 0.2) is 5.16 Å². The minimum Gasteiger partial charge on any atom is -0.459 e. The smallest absolute Gasteiger partial charge is 0.326 e. The predicted octanol–water partition coefficient (Wildman–Crippen LogP) is 4.76. The van der Waals surface area contributed by atoms with Crippen LogP contribution in [0.3, 0.4) is 0 Å². The summed E-state index contributed by atoms with van der Waals surface area (Å²) >= 11 is 1.31. The number of hydrogen-bond acceptors (Lipinski definition) is 6. The lowest BCUT2D eigenvalue weighted by Crippen LogP contribution is -2.32. The van der Waals surface area contributed by atoms with Gasteiger partial charge in [0, 0.05) is 7.05 Å². The van der Waals surface area contributed by atoms with Crippen molar-refractivity contribution in [2.24, 2.45) is 0 Å². The Morgan fingerprint density at radius 2 is 1.74 bits per heavy atom. The van der Waals surface area contributed by atoms with Crippen molar-refractivity contribution in [3.8, 4) is 0 Å². The Labute approximate surface area is 169 Å². The van der Waals surface area contributed by atoms with Crippen molar-refractivity contribution < 1.29 is 9.53 Å². The molecule has 0 radical (unpaired) electrons. The highest BCUT2D eigenvalue weighted by Gasteiger charge is 2.19. The molecule has 1 aromatic heterocycles. The summed E-state index contributed by atoms with van der Waals surface area (Å²) in [6, 6.07) is 0. The van der Waals surface area contributed by atoms with E-state index in [9.17, 15) is 9.59 Å². The van der Waals surface area contributed by atoms with E-state index in [0.29, 0.717) is 10.8 Å². The van der Waals surface area contributed by atoms with Crippen LogP contribution in [-0.4, -0.2) is 34.4 Å². The maximum Gasteiger partial charge on any atom is 0.326 e. The summed E-state index contributed by atoms with van der Waals surface area (Å²) in [6.45, 7) is 19.9. The Morgan fingerprint density at radius 3 is 2.07 bits per heavy atom. The maximum absolute atomic E-state index is 12.1. The van der Waals surface area contributed by atoms with Crippen molar-refractivity contribution in [2.45, 2.75) is 65.8 Å². The Hall–Kier alpha value is -2.02. The summed E-state index contributed by atoms with van der Waals surface area (Å²) in [5.74, 6) is -0.458. The summed E-state index contributed by atoms with van der Waals surface area (Å²) in [5.41, 5.74) is -0.511. The summed E-state index contributed by atoms with van der Waals surface area (Å²) in [7, 11) is 1.63. The van der Waals surface area contributed by atoms with E-state index >= 15 is 0 Å². The van der Waals surface area contributed by atoms with Gasteiger partial charge in [-0.15, -0.1) is 0 Å². The topological polar surface area (TPSA) is 73.2 Å². The number of anilines is 1. The Balaban J connectivity index is -0.000000621. The number of nitrogens with one attached hydrogen (secondary N) is 1. The van der Waals surface area contributed by atoms with Crippen LogP contribution in [0, 0.1) is 0 Å². The number of nitrogens with zero attached hydrogens (tertiary/aromatic N) is 2. The second-order valence-electron chi connectivity index (χ2n) is 5.36. The van der Waals surface area contributed by atoms with Gasteiger partial charge in [-0.1, -0.05) is 64.8 Å². The molecule has 0 aliphatic heterocycles. The van der Waals surface area contributed by atoms with Crippen molar-refractivity contribution in [2.75, 3.05) is 18.6 Å². The van der Waals surface area contributed by atoms with E-state index in [2.05, 4.69) is 23.5 Å². The van der Waals surface area contributed by atoms with E-state index in [1.54, 1.807) is 46.2 Å². The summed E-state index contributed by atoms with van der Waals surface area (Å²) < 4.78 is 6.52. The molecule has 0 fully saturated rings. The van der Waals surface area contributed by atoms with Crippen LogP contribution < -0.4 is 10.9 Å². The molecule has 0 amide bonds. The van der Waals surface area contributed by atoms with Crippen LogP contribution >= 0.6 is 11.8 Å². The molecule has 0 aliphatic rings. The van der Waals surface area contributed by atoms with Gasteiger partial charge in [0.1, 0.15) is 17.8 Å². The van der Waals surface area contributed by atoms with Crippen LogP contribution in [-0.2, 0) is 16.1 Å². The van der Waals surface area contributed by atoms with Crippen LogP contribution in [0.4, 0.5) is 5.69 Å². The highest BCUT2D eigenvalue weighted by atomic mass is 32.2. The number of hydrogen-bond donors (Lipinski definition) is 1. The maximum atomic E-state index is 12.1. The van der Waals surface area contributed by atoms with E-state index in [1.807, 2.05) is 27.7 Å². The molecule has 7 heteroatoms. The molecule has 0 unspecified atom stereocenters. The van der Waals surface area contributed by atoms with Crippen molar-refractivity contribution in [3.63, 3.8) is 0 Å². The van der Waals surface area contributed by atoms with E-state index < -0.39 is 11.6 Å². The third kappa shape index (κ3) is 13.8. The molecule has 0 aliphatic carbocycles. The van der Waals surface area contributed by atoms with E-state index in [1.165, 1.54) is 22.5 Å². The lowest BCUT2D eigenvalue weighted by molar-refractivity contribution is -0.155. The number of thioether (sulfide) groups is 1. The number of rotatable bonds is 5. The lowest BCUT2D eigenvalue weighted by atomic mass is 10.2. The third-order valence-electron chi connectivity index (χ3n) is 2.34. The monoisotopic (exact) mass is 399 g/mol. The Morgan fingerprint density at radius 1 is 1.26 bits per heavy atom. The normalized spacial score (nSPS) is 9.07. The fraction of sp³-hybridized carbons (Fsp3) is 0.550. The average molecular weight is 400 g/mol. The Kier molecular flexibility index (Phi) is 19.2. The third-order valence-corrected chi connectivity index (χ3v) is 3.03. The quantitative estimate of drug-likeness (QED) is 0.333. The largest absolute Gasteiger partial charge is 0.459 e. The number of esters is 1. The molecule has 0 saturated carbocycles. The molecule has 0 spiro atoms. The van der Waals surface area contributed by atoms with Crippen LogP contribution in [0.15, 0.2) is 41.5 Å². The molecular weight excluding hydrogens is 362 g/mol. The number of allylic oxidation sites excluding steroid dienone is 2. The highest BCUT2D eigenvalue weighted by molar-refractivity contribution is 7.98. The fourth-order valence-electron chi connectivity index (χ4n) is 1.45. The predicted molar refractivity (Wildman–Crippen MR) is 119 cm³/mol. The summed E-state index contributed by atoms with van der Waals surface area (Å²) in [5, 5.41) is 3.23. The zero-order chi connectivity index (χ0) is 22.0. The van der Waals surface area contributed by atoms with Gasteiger partial charge in [0.25, 0.3) is 5.56 Å².